The zero-order chi connectivity index (χ0) is 24.7. The van der Waals surface area contributed by atoms with Gasteiger partial charge in [-0.3, -0.25) is 0 Å². The first-order valence-electron chi connectivity index (χ1n) is 12.0. The maximum absolute atomic E-state index is 5.90. The van der Waals surface area contributed by atoms with Crippen LogP contribution in [-0.4, -0.2) is 109 Å². The first-order chi connectivity index (χ1) is 15.9. The van der Waals surface area contributed by atoms with Gasteiger partial charge in [0.25, 0.3) is 0 Å². The van der Waals surface area contributed by atoms with Crippen LogP contribution in [0.1, 0.15) is 47.5 Å². The Morgan fingerprint density at radius 1 is 0.636 bits per heavy atom. The second-order valence-corrected chi connectivity index (χ2v) is 13.3. The minimum absolute atomic E-state index is 0.110. The Balaban J connectivity index is 0.000000335. The lowest BCUT2D eigenvalue weighted by atomic mass is 10.5. The Kier molecular flexibility index (Phi) is 15.7. The lowest BCUT2D eigenvalue weighted by Gasteiger charge is -2.34. The zero-order valence-corrected chi connectivity index (χ0v) is 23.8. The number of hydrogen-bond acceptors (Lipinski definition) is 10. The van der Waals surface area contributed by atoms with E-state index in [0.717, 1.165) is 26.1 Å². The van der Waals surface area contributed by atoms with Crippen molar-refractivity contribution >= 4 is 17.6 Å². The van der Waals surface area contributed by atoms with Gasteiger partial charge in [-0.1, -0.05) is 13.8 Å². The summed E-state index contributed by atoms with van der Waals surface area (Å²) in [7, 11) is -0.617. The van der Waals surface area contributed by atoms with Crippen molar-refractivity contribution in [2.24, 2.45) is 0 Å². The van der Waals surface area contributed by atoms with Crippen molar-refractivity contribution in [3.8, 4) is 0 Å². The van der Waals surface area contributed by atoms with Gasteiger partial charge in [0.05, 0.1) is 26.4 Å². The highest BCUT2D eigenvalue weighted by Crippen LogP contribution is 2.23. The Morgan fingerprint density at radius 3 is 1.21 bits per heavy atom. The fourth-order valence-electron chi connectivity index (χ4n) is 3.37. The van der Waals surface area contributed by atoms with Crippen molar-refractivity contribution in [1.29, 1.82) is 0 Å². The van der Waals surface area contributed by atoms with Crippen molar-refractivity contribution in [2.45, 2.75) is 71.1 Å². The van der Waals surface area contributed by atoms with Crippen LogP contribution in [0.5, 0.6) is 0 Å². The molecular formula is C21H46O10Si2. The Labute approximate surface area is 202 Å². The van der Waals surface area contributed by atoms with E-state index in [0.29, 0.717) is 33.0 Å². The van der Waals surface area contributed by atoms with E-state index in [2.05, 4.69) is 6.92 Å². The molecule has 2 heterocycles. The number of rotatable bonds is 19. The molecule has 10 nitrogen and oxygen atoms in total. The van der Waals surface area contributed by atoms with E-state index >= 15 is 0 Å². The van der Waals surface area contributed by atoms with Crippen LogP contribution >= 0.6 is 0 Å². The monoisotopic (exact) mass is 514 g/mol. The van der Waals surface area contributed by atoms with E-state index < -0.39 is 17.6 Å². The van der Waals surface area contributed by atoms with Gasteiger partial charge in [-0.15, -0.1) is 0 Å². The molecule has 0 N–H and O–H groups in total. The first kappa shape index (κ1) is 31.1. The van der Waals surface area contributed by atoms with Crippen LogP contribution < -0.4 is 0 Å². The molecule has 12 heteroatoms. The summed E-state index contributed by atoms with van der Waals surface area (Å²) in [5.41, 5.74) is -0.233. The van der Waals surface area contributed by atoms with Gasteiger partial charge in [0.2, 0.25) is 0 Å². The van der Waals surface area contributed by atoms with E-state index in [1.807, 2.05) is 27.7 Å². The van der Waals surface area contributed by atoms with Crippen LogP contribution in [0.15, 0.2) is 0 Å². The molecule has 0 bridgehead atoms. The van der Waals surface area contributed by atoms with Crippen LogP contribution in [-0.2, 0) is 45.5 Å². The predicted octanol–water partition coefficient (Wildman–Crippen LogP) is 2.37. The second-order valence-electron chi connectivity index (χ2n) is 7.49. The number of ether oxygens (including phenoxy) is 4. The van der Waals surface area contributed by atoms with Crippen LogP contribution in [0.25, 0.3) is 0 Å². The van der Waals surface area contributed by atoms with Crippen LogP contribution in [0.3, 0.4) is 0 Å². The summed E-state index contributed by atoms with van der Waals surface area (Å²) in [4.78, 5) is 0. The van der Waals surface area contributed by atoms with Gasteiger partial charge in [-0.25, -0.2) is 0 Å². The molecule has 0 aromatic heterocycles. The third-order valence-corrected chi connectivity index (χ3v) is 11.7. The van der Waals surface area contributed by atoms with Crippen LogP contribution in [0.2, 0.25) is 0 Å². The minimum Gasteiger partial charge on any atom is -0.375 e. The predicted molar refractivity (Wildman–Crippen MR) is 127 cm³/mol. The Morgan fingerprint density at radius 2 is 0.970 bits per heavy atom. The largest absolute Gasteiger partial charge is 0.531 e. The molecule has 0 saturated carbocycles. The quantitative estimate of drug-likeness (QED) is 0.189. The van der Waals surface area contributed by atoms with E-state index in [4.69, 9.17) is 45.5 Å². The summed E-state index contributed by atoms with van der Waals surface area (Å²) in [6.45, 7) is 14.5. The maximum atomic E-state index is 5.90. The van der Waals surface area contributed by atoms with Crippen LogP contribution in [0.4, 0.5) is 0 Å². The summed E-state index contributed by atoms with van der Waals surface area (Å²) in [5, 5.41) is 0. The lowest BCUT2D eigenvalue weighted by molar-refractivity contribution is -0.0147. The molecule has 4 unspecified atom stereocenters. The van der Waals surface area contributed by atoms with E-state index in [1.165, 1.54) is 0 Å². The summed E-state index contributed by atoms with van der Waals surface area (Å²) in [6.07, 6.45) is 2.11. The van der Waals surface area contributed by atoms with Gasteiger partial charge in [0.1, 0.15) is 23.7 Å². The highest BCUT2D eigenvalue weighted by molar-refractivity contribution is 6.62. The number of hydrogen-bond donors (Lipinski definition) is 0. The molecule has 0 aromatic rings. The van der Waals surface area contributed by atoms with Crippen LogP contribution in [0, 0.1) is 0 Å². The molecule has 2 rings (SSSR count). The smallest absolute Gasteiger partial charge is 0.375 e. The molecule has 4 atom stereocenters. The van der Waals surface area contributed by atoms with Gasteiger partial charge in [0.15, 0.2) is 0 Å². The molecule has 0 spiro atoms. The Hall–Kier alpha value is 0.0338. The summed E-state index contributed by atoms with van der Waals surface area (Å²) >= 11 is 0. The molecule has 198 valence electrons. The standard InChI is InChI=1S/C12H26O5Si.C9H20O5Si/c1-5-12(14-10-11-9-13-11)18(15-6-2,16-7-3)17-8-4;1-5-9(14-7-8-6-13-8)15(10-2,11-3)12-4/h11-12H,5-10H2,1-4H3;8-9H,5-7H2,1-4H3. The van der Waals surface area contributed by atoms with Crippen molar-refractivity contribution in [1.82, 2.24) is 0 Å². The average molecular weight is 515 g/mol. The normalized spacial score (nSPS) is 21.8. The summed E-state index contributed by atoms with van der Waals surface area (Å²) in [5.74, 6) is 0. The fourth-order valence-corrected chi connectivity index (χ4v) is 8.27. The maximum Gasteiger partial charge on any atom is 0.531 e. The number of epoxide rings is 2. The molecule has 0 aromatic carbocycles. The molecule has 0 aliphatic carbocycles. The summed E-state index contributed by atoms with van der Waals surface area (Å²) < 4.78 is 55.5. The molecule has 2 aliphatic heterocycles. The SMILES string of the molecule is CCC(OCC1CO1)[Si](OC)(OC)OC.CCO[Si](OCC)(OCC)C(CC)OCC1CO1. The van der Waals surface area contributed by atoms with Gasteiger partial charge < -0.3 is 45.5 Å². The average Bonchev–Trinajstić information content (AvgIpc) is 3.74. The molecule has 2 saturated heterocycles. The highest BCUT2D eigenvalue weighted by Gasteiger charge is 2.50. The van der Waals surface area contributed by atoms with E-state index in [9.17, 15) is 0 Å². The molecular weight excluding hydrogens is 468 g/mol. The van der Waals surface area contributed by atoms with Gasteiger partial charge in [-0.2, -0.15) is 0 Å². The van der Waals surface area contributed by atoms with Crippen molar-refractivity contribution in [3.63, 3.8) is 0 Å². The summed E-state index contributed by atoms with van der Waals surface area (Å²) in [6, 6.07) is 0. The highest BCUT2D eigenvalue weighted by atomic mass is 28.4. The van der Waals surface area contributed by atoms with Gasteiger partial charge in [0, 0.05) is 41.2 Å². The van der Waals surface area contributed by atoms with Crippen molar-refractivity contribution < 1.29 is 45.5 Å². The lowest BCUT2D eigenvalue weighted by Crippen LogP contribution is -2.57. The zero-order valence-electron chi connectivity index (χ0n) is 21.8. The minimum atomic E-state index is -2.74. The van der Waals surface area contributed by atoms with Gasteiger partial charge >= 0.3 is 17.6 Å². The molecule has 0 radical (unpaired) electrons. The molecule has 2 fully saturated rings. The molecule has 33 heavy (non-hydrogen) atoms. The van der Waals surface area contributed by atoms with Crippen molar-refractivity contribution in [2.75, 3.05) is 67.6 Å². The third kappa shape index (κ3) is 10.3. The molecule has 2 aliphatic rings. The van der Waals surface area contributed by atoms with E-state index in [-0.39, 0.29) is 23.7 Å². The second kappa shape index (κ2) is 16.7. The fraction of sp³-hybridized carbons (Fsp3) is 1.00. The third-order valence-electron chi connectivity index (χ3n) is 5.19. The molecule has 0 amide bonds. The topological polar surface area (TPSA) is 98.9 Å². The Bertz CT molecular complexity index is 464. The van der Waals surface area contributed by atoms with Crippen molar-refractivity contribution in [3.05, 3.63) is 0 Å². The van der Waals surface area contributed by atoms with Gasteiger partial charge in [-0.05, 0) is 33.6 Å². The first-order valence-corrected chi connectivity index (χ1v) is 15.6. The van der Waals surface area contributed by atoms with E-state index in [1.54, 1.807) is 21.3 Å².